The average Bonchev–Trinajstić information content (AvgIpc) is 2.44. The zero-order chi connectivity index (χ0) is 18.5. The maximum atomic E-state index is 11.0. The van der Waals surface area contributed by atoms with Crippen LogP contribution in [0.1, 0.15) is 19.8 Å². The molecule has 14 heteroatoms. The van der Waals surface area contributed by atoms with Gasteiger partial charge < -0.3 is 24.8 Å². The van der Waals surface area contributed by atoms with Gasteiger partial charge in [-0.05, 0) is 6.42 Å². The molecule has 1 aliphatic heterocycles. The van der Waals surface area contributed by atoms with E-state index in [2.05, 4.69) is 13.5 Å². The second kappa shape index (κ2) is 8.91. The molecule has 24 heavy (non-hydrogen) atoms. The Bertz CT molecular complexity index is 529. The summed E-state index contributed by atoms with van der Waals surface area (Å²) in [5.74, 6) is -2.49. The van der Waals surface area contributed by atoms with Gasteiger partial charge in [-0.15, -0.1) is 0 Å². The van der Waals surface area contributed by atoms with Crippen molar-refractivity contribution in [3.63, 3.8) is 0 Å². The Morgan fingerprint density at radius 2 is 2.08 bits per heavy atom. The molecule has 1 heterocycles. The zero-order valence-electron chi connectivity index (χ0n) is 12.7. The van der Waals surface area contributed by atoms with E-state index in [1.165, 1.54) is 0 Å². The molecule has 0 bridgehead atoms. The number of aliphatic hydroxyl groups excluding tert-OH is 3. The van der Waals surface area contributed by atoms with Crippen LogP contribution in [-0.4, -0.2) is 76.1 Å². The predicted molar refractivity (Wildman–Crippen MR) is 77.4 cm³/mol. The summed E-state index contributed by atoms with van der Waals surface area (Å²) in [5.41, 5.74) is 0. The molecule has 144 valence electrons. The summed E-state index contributed by atoms with van der Waals surface area (Å²) in [6.45, 7) is 1.13. The lowest BCUT2D eigenvalue weighted by Crippen LogP contribution is -2.68. The Morgan fingerprint density at radius 1 is 1.46 bits per heavy atom. The third-order valence-corrected chi connectivity index (χ3v) is 4.05. The van der Waals surface area contributed by atoms with E-state index in [1.54, 1.807) is 0 Å². The van der Waals surface area contributed by atoms with Crippen molar-refractivity contribution in [3.8, 4) is 0 Å². The minimum Gasteiger partial charge on any atom is -0.387 e. The van der Waals surface area contributed by atoms with Crippen molar-refractivity contribution in [2.24, 2.45) is 5.14 Å². The first kappa shape index (κ1) is 21.8. The molecule has 0 radical (unpaired) electrons. The van der Waals surface area contributed by atoms with Gasteiger partial charge in [-0.2, -0.15) is 12.6 Å². The third kappa shape index (κ3) is 5.63. The number of rotatable bonds is 9. The molecule has 0 amide bonds. The van der Waals surface area contributed by atoms with Gasteiger partial charge in [-0.3, -0.25) is 8.74 Å². The van der Waals surface area contributed by atoms with E-state index in [-0.39, 0.29) is 6.61 Å². The normalized spacial score (nSPS) is 34.0. The van der Waals surface area contributed by atoms with Crippen molar-refractivity contribution in [3.05, 3.63) is 0 Å². The van der Waals surface area contributed by atoms with Crippen molar-refractivity contribution >= 4 is 21.7 Å². The molecule has 0 aliphatic carbocycles. The van der Waals surface area contributed by atoms with Gasteiger partial charge in [0.05, 0.1) is 13.2 Å². The minimum absolute atomic E-state index is 0.0806. The van der Waals surface area contributed by atoms with Crippen LogP contribution < -0.4 is 5.14 Å². The summed E-state index contributed by atoms with van der Waals surface area (Å²) in [4.78, 5) is 0. The van der Waals surface area contributed by atoms with Gasteiger partial charge in [0.25, 0.3) is 5.79 Å². The highest BCUT2D eigenvalue weighted by atomic mass is 32.2. The smallest absolute Gasteiger partial charge is 0.335 e. The summed E-state index contributed by atoms with van der Waals surface area (Å²) in [5, 5.41) is 34.8. The molecule has 1 fully saturated rings. The molecule has 1 aliphatic rings. The summed E-state index contributed by atoms with van der Waals surface area (Å²) in [6.07, 6.45) is -6.65. The molecule has 0 spiro atoms. The maximum Gasteiger partial charge on any atom is 0.335 e. The zero-order valence-corrected chi connectivity index (χ0v) is 14.3. The van der Waals surface area contributed by atoms with Crippen LogP contribution in [0.4, 0.5) is 0 Å². The SMILES string of the molecule is CCCCO[C@]1(C(O)OS(N)(=O)=O)OC[C@@H](OS(=O)O)[C@@H](O)[C@@H]1O. The van der Waals surface area contributed by atoms with Crippen molar-refractivity contribution in [2.75, 3.05) is 13.2 Å². The molecule has 0 saturated carbocycles. The van der Waals surface area contributed by atoms with E-state index >= 15 is 0 Å². The number of unbranched alkanes of at least 4 members (excludes halogenated alkanes) is 1. The van der Waals surface area contributed by atoms with Gasteiger partial charge in [0.15, 0.2) is 0 Å². The van der Waals surface area contributed by atoms with E-state index in [9.17, 15) is 27.9 Å². The molecule has 0 aromatic carbocycles. The highest BCUT2D eigenvalue weighted by Crippen LogP contribution is 2.33. The highest BCUT2D eigenvalue weighted by molar-refractivity contribution is 7.84. The number of hydrogen-bond acceptors (Lipinski definition) is 10. The summed E-state index contributed by atoms with van der Waals surface area (Å²) in [6, 6.07) is 0. The van der Waals surface area contributed by atoms with Gasteiger partial charge >= 0.3 is 21.7 Å². The van der Waals surface area contributed by atoms with Crippen LogP contribution in [0, 0.1) is 0 Å². The molecule has 6 N–H and O–H groups in total. The fourth-order valence-corrected chi connectivity index (χ4v) is 2.78. The monoisotopic (exact) mass is 395 g/mol. The van der Waals surface area contributed by atoms with Crippen LogP contribution >= 0.6 is 0 Å². The van der Waals surface area contributed by atoms with E-state index < -0.39 is 58.7 Å². The van der Waals surface area contributed by atoms with Crippen LogP contribution in [0.3, 0.4) is 0 Å². The standard InChI is InChI=1S/C10H21NO11S2/c1-2-3-4-19-10(9(14)22-24(11,17)18)8(13)7(12)6(5-20-10)21-23(15)16/h6-9,12-14H,2-5H2,1H3,(H,15,16)(H2,11,17,18)/t6-,7-,8+,9?,10+/m1/s1. The van der Waals surface area contributed by atoms with Gasteiger partial charge in [-0.1, -0.05) is 13.3 Å². The van der Waals surface area contributed by atoms with E-state index in [0.717, 1.165) is 0 Å². The van der Waals surface area contributed by atoms with Crippen LogP contribution in [0.15, 0.2) is 0 Å². The number of hydrogen-bond donors (Lipinski definition) is 5. The van der Waals surface area contributed by atoms with E-state index in [1.807, 2.05) is 6.92 Å². The topological polar surface area (TPSA) is 195 Å². The molecular weight excluding hydrogens is 374 g/mol. The maximum absolute atomic E-state index is 11.0. The minimum atomic E-state index is -4.64. The van der Waals surface area contributed by atoms with Crippen LogP contribution in [0.5, 0.6) is 0 Å². The van der Waals surface area contributed by atoms with Crippen molar-refractivity contribution < 1.29 is 50.3 Å². The molecule has 6 atom stereocenters. The lowest BCUT2D eigenvalue weighted by atomic mass is 9.96. The second-order valence-corrected chi connectivity index (χ2v) is 6.77. The Morgan fingerprint density at radius 3 is 2.58 bits per heavy atom. The largest absolute Gasteiger partial charge is 0.387 e. The lowest BCUT2D eigenvalue weighted by Gasteiger charge is -2.46. The van der Waals surface area contributed by atoms with Crippen molar-refractivity contribution in [1.82, 2.24) is 0 Å². The lowest BCUT2D eigenvalue weighted by molar-refractivity contribution is -0.391. The Hall–Kier alpha value is -0.260. The number of nitrogens with two attached hydrogens (primary N) is 1. The fraction of sp³-hybridized carbons (Fsp3) is 1.00. The quantitative estimate of drug-likeness (QED) is 0.155. The van der Waals surface area contributed by atoms with Crippen LogP contribution in [0.2, 0.25) is 0 Å². The van der Waals surface area contributed by atoms with Crippen molar-refractivity contribution in [1.29, 1.82) is 0 Å². The Kier molecular flexibility index (Phi) is 8.08. The van der Waals surface area contributed by atoms with Gasteiger partial charge in [0.1, 0.15) is 18.3 Å². The van der Waals surface area contributed by atoms with Crippen LogP contribution in [-0.2, 0) is 39.5 Å². The first-order valence-electron chi connectivity index (χ1n) is 6.84. The molecule has 0 aromatic heterocycles. The first-order valence-corrected chi connectivity index (χ1v) is 9.35. The Balaban J connectivity index is 3.03. The molecule has 2 unspecified atom stereocenters. The summed E-state index contributed by atoms with van der Waals surface area (Å²) >= 11 is -2.76. The summed E-state index contributed by atoms with van der Waals surface area (Å²) < 4.78 is 60.3. The number of aliphatic hydroxyl groups is 3. The highest BCUT2D eigenvalue weighted by Gasteiger charge is 2.58. The number of ether oxygens (including phenoxy) is 2. The average molecular weight is 395 g/mol. The molecule has 0 aromatic rings. The second-order valence-electron chi connectivity index (χ2n) is 4.96. The predicted octanol–water partition coefficient (Wildman–Crippen LogP) is -2.69. The molecule has 1 saturated heterocycles. The van der Waals surface area contributed by atoms with Crippen molar-refractivity contribution in [2.45, 2.75) is 50.2 Å². The summed E-state index contributed by atoms with van der Waals surface area (Å²) in [7, 11) is -4.64. The molecule has 12 nitrogen and oxygen atoms in total. The van der Waals surface area contributed by atoms with E-state index in [0.29, 0.717) is 12.8 Å². The van der Waals surface area contributed by atoms with Gasteiger partial charge in [0.2, 0.25) is 6.29 Å². The van der Waals surface area contributed by atoms with E-state index in [4.69, 9.17) is 14.0 Å². The van der Waals surface area contributed by atoms with Crippen LogP contribution in [0.25, 0.3) is 0 Å². The molecular formula is C10H21NO11S2. The van der Waals surface area contributed by atoms with Gasteiger partial charge in [0, 0.05) is 0 Å². The fourth-order valence-electron chi connectivity index (χ4n) is 2.01. The molecule has 1 rings (SSSR count). The first-order chi connectivity index (χ1) is 11.0. The van der Waals surface area contributed by atoms with Gasteiger partial charge in [-0.25, -0.2) is 9.32 Å². The Labute approximate surface area is 141 Å². The third-order valence-electron chi connectivity index (χ3n) is 3.19.